The second kappa shape index (κ2) is 14.5. The number of anilines is 1. The highest BCUT2D eigenvalue weighted by atomic mass is 28.4. The predicted octanol–water partition coefficient (Wildman–Crippen LogP) is 6.24. The SMILES string of the molecule is CC(C)(C)OC(=O)CN(C(=O)CNC(=O)OCc1ccccc1)c1ccccc1CCCO[Si](C)(C)C(C)(C)C. The highest BCUT2D eigenvalue weighted by Gasteiger charge is 2.36. The van der Waals surface area contributed by atoms with Crippen molar-refractivity contribution in [2.75, 3.05) is 24.6 Å². The number of carbonyl (C=O) groups is 3. The molecule has 0 atom stereocenters. The maximum absolute atomic E-state index is 13.4. The van der Waals surface area contributed by atoms with Crippen molar-refractivity contribution in [2.24, 2.45) is 0 Å². The predicted molar refractivity (Wildman–Crippen MR) is 161 cm³/mol. The molecule has 0 aliphatic rings. The van der Waals surface area contributed by atoms with Gasteiger partial charge in [0.25, 0.3) is 0 Å². The Morgan fingerprint density at radius 2 is 1.52 bits per heavy atom. The van der Waals surface area contributed by atoms with Gasteiger partial charge in [0.1, 0.15) is 25.3 Å². The first-order chi connectivity index (χ1) is 18.6. The van der Waals surface area contributed by atoms with E-state index in [-0.39, 0.29) is 24.7 Å². The van der Waals surface area contributed by atoms with Crippen molar-refractivity contribution in [2.45, 2.75) is 84.7 Å². The molecule has 0 aliphatic carbocycles. The smallest absolute Gasteiger partial charge is 0.407 e. The molecule has 0 bridgehead atoms. The molecule has 0 unspecified atom stereocenters. The van der Waals surface area contributed by atoms with Gasteiger partial charge in [-0.05, 0) is 68.9 Å². The van der Waals surface area contributed by atoms with E-state index in [0.29, 0.717) is 18.7 Å². The molecule has 2 amide bonds. The van der Waals surface area contributed by atoms with E-state index in [2.05, 4.69) is 39.2 Å². The number of benzene rings is 2. The Morgan fingerprint density at radius 1 is 0.900 bits per heavy atom. The van der Waals surface area contributed by atoms with Crippen LogP contribution in [0.25, 0.3) is 0 Å². The Morgan fingerprint density at radius 3 is 2.15 bits per heavy atom. The summed E-state index contributed by atoms with van der Waals surface area (Å²) in [4.78, 5) is 39.8. The number of carbonyl (C=O) groups excluding carboxylic acids is 3. The quantitative estimate of drug-likeness (QED) is 0.184. The van der Waals surface area contributed by atoms with Crippen LogP contribution in [-0.4, -0.2) is 51.6 Å². The molecule has 0 heterocycles. The van der Waals surface area contributed by atoms with Crippen LogP contribution in [0.4, 0.5) is 10.5 Å². The van der Waals surface area contributed by atoms with Gasteiger partial charge in [0.05, 0.1) is 0 Å². The highest BCUT2D eigenvalue weighted by molar-refractivity contribution is 6.74. The number of nitrogens with one attached hydrogen (secondary N) is 1. The molecule has 0 aromatic heterocycles. The second-order valence-electron chi connectivity index (χ2n) is 12.3. The largest absolute Gasteiger partial charge is 0.459 e. The fourth-order valence-corrected chi connectivity index (χ4v) is 4.71. The minimum Gasteiger partial charge on any atom is -0.459 e. The summed E-state index contributed by atoms with van der Waals surface area (Å²) in [6.07, 6.45) is 0.711. The van der Waals surface area contributed by atoms with Crippen LogP contribution in [0.3, 0.4) is 0 Å². The van der Waals surface area contributed by atoms with Gasteiger partial charge in [-0.15, -0.1) is 0 Å². The van der Waals surface area contributed by atoms with E-state index in [9.17, 15) is 14.4 Å². The molecule has 1 N–H and O–H groups in total. The van der Waals surface area contributed by atoms with E-state index in [0.717, 1.165) is 17.5 Å². The lowest BCUT2D eigenvalue weighted by Crippen LogP contribution is -2.44. The number of amides is 2. The van der Waals surface area contributed by atoms with Crippen molar-refractivity contribution < 1.29 is 28.3 Å². The third kappa shape index (κ3) is 11.1. The molecule has 0 saturated heterocycles. The number of ether oxygens (including phenoxy) is 2. The number of hydrogen-bond donors (Lipinski definition) is 1. The summed E-state index contributed by atoms with van der Waals surface area (Å²) in [6, 6.07) is 16.7. The topological polar surface area (TPSA) is 94.2 Å². The van der Waals surface area contributed by atoms with E-state index < -0.39 is 31.9 Å². The first-order valence-electron chi connectivity index (χ1n) is 13.8. The number of hydrogen-bond acceptors (Lipinski definition) is 6. The first kappa shape index (κ1) is 33.0. The molecule has 9 heteroatoms. The van der Waals surface area contributed by atoms with Crippen LogP contribution in [0.15, 0.2) is 54.6 Å². The lowest BCUT2D eigenvalue weighted by Gasteiger charge is -2.36. The van der Waals surface area contributed by atoms with Crippen molar-refractivity contribution in [1.29, 1.82) is 0 Å². The summed E-state index contributed by atoms with van der Waals surface area (Å²) in [6.45, 7) is 16.5. The Kier molecular flexibility index (Phi) is 11.9. The number of esters is 1. The molecule has 0 spiro atoms. The molecule has 2 aromatic rings. The van der Waals surface area contributed by atoms with Gasteiger partial charge in [0.15, 0.2) is 8.32 Å². The molecular formula is C31H46N2O6Si. The normalized spacial score (nSPS) is 12.0. The lowest BCUT2D eigenvalue weighted by atomic mass is 10.1. The van der Waals surface area contributed by atoms with Crippen molar-refractivity contribution >= 4 is 32.0 Å². The average molecular weight is 571 g/mol. The van der Waals surface area contributed by atoms with E-state index in [1.54, 1.807) is 26.8 Å². The van der Waals surface area contributed by atoms with Crippen LogP contribution in [0.5, 0.6) is 0 Å². The summed E-state index contributed by atoms with van der Waals surface area (Å²) < 4.78 is 17.1. The summed E-state index contributed by atoms with van der Waals surface area (Å²) >= 11 is 0. The molecule has 0 radical (unpaired) electrons. The van der Waals surface area contributed by atoms with Crippen LogP contribution >= 0.6 is 0 Å². The lowest BCUT2D eigenvalue weighted by molar-refractivity contribution is -0.153. The molecule has 2 aromatic carbocycles. The van der Waals surface area contributed by atoms with Crippen molar-refractivity contribution in [3.63, 3.8) is 0 Å². The third-order valence-electron chi connectivity index (χ3n) is 6.75. The summed E-state index contributed by atoms with van der Waals surface area (Å²) in [7, 11) is -1.87. The summed E-state index contributed by atoms with van der Waals surface area (Å²) in [5.41, 5.74) is 1.64. The Balaban J connectivity index is 2.12. The van der Waals surface area contributed by atoms with Gasteiger partial charge >= 0.3 is 12.1 Å². The molecule has 8 nitrogen and oxygen atoms in total. The fraction of sp³-hybridized carbons (Fsp3) is 0.516. The van der Waals surface area contributed by atoms with Gasteiger partial charge in [-0.1, -0.05) is 69.3 Å². The van der Waals surface area contributed by atoms with Crippen molar-refractivity contribution in [3.8, 4) is 0 Å². The number of para-hydroxylation sites is 1. The third-order valence-corrected chi connectivity index (χ3v) is 11.3. The van der Waals surface area contributed by atoms with E-state index in [1.807, 2.05) is 48.5 Å². The Bertz CT molecular complexity index is 1120. The zero-order chi connectivity index (χ0) is 30.0. The van der Waals surface area contributed by atoms with Gasteiger partial charge in [-0.2, -0.15) is 0 Å². The number of rotatable bonds is 12. The van der Waals surface area contributed by atoms with E-state index in [4.69, 9.17) is 13.9 Å². The van der Waals surface area contributed by atoms with E-state index in [1.165, 1.54) is 4.90 Å². The monoisotopic (exact) mass is 570 g/mol. The van der Waals surface area contributed by atoms with Crippen LogP contribution < -0.4 is 10.2 Å². The van der Waals surface area contributed by atoms with Crippen LogP contribution in [0.1, 0.15) is 59.1 Å². The van der Waals surface area contributed by atoms with Crippen molar-refractivity contribution in [3.05, 3.63) is 65.7 Å². The van der Waals surface area contributed by atoms with E-state index >= 15 is 0 Å². The minimum atomic E-state index is -1.87. The summed E-state index contributed by atoms with van der Waals surface area (Å²) in [5, 5.41) is 2.63. The number of alkyl carbamates (subject to hydrolysis) is 1. The molecule has 0 fully saturated rings. The fourth-order valence-electron chi connectivity index (χ4n) is 3.62. The molecule has 40 heavy (non-hydrogen) atoms. The zero-order valence-electron chi connectivity index (χ0n) is 25.3. The van der Waals surface area contributed by atoms with Gasteiger partial charge in [0, 0.05) is 12.3 Å². The van der Waals surface area contributed by atoms with Crippen LogP contribution in [-0.2, 0) is 36.5 Å². The molecule has 0 saturated carbocycles. The average Bonchev–Trinajstić information content (AvgIpc) is 2.86. The van der Waals surface area contributed by atoms with Gasteiger partial charge in [-0.25, -0.2) is 4.79 Å². The standard InChI is InChI=1S/C31H46N2O6Si/c1-30(2,3)39-28(35)22-33(27(34)21-32-29(36)37-23-24-15-10-9-11-16-24)26-19-13-12-17-25(26)18-14-20-38-40(7,8)31(4,5)6/h9-13,15-17,19H,14,18,20-23H2,1-8H3,(H,32,36). The highest BCUT2D eigenvalue weighted by Crippen LogP contribution is 2.36. The first-order valence-corrected chi connectivity index (χ1v) is 16.7. The number of nitrogens with zero attached hydrogens (tertiary/aromatic N) is 1. The molecule has 220 valence electrons. The van der Waals surface area contributed by atoms with Gasteiger partial charge in [0.2, 0.25) is 5.91 Å². The van der Waals surface area contributed by atoms with Crippen LogP contribution in [0.2, 0.25) is 18.1 Å². The maximum atomic E-state index is 13.4. The molecular weight excluding hydrogens is 524 g/mol. The van der Waals surface area contributed by atoms with Gasteiger partial charge < -0.3 is 19.2 Å². The molecule has 0 aliphatic heterocycles. The molecule has 2 rings (SSSR count). The van der Waals surface area contributed by atoms with Gasteiger partial charge in [-0.3, -0.25) is 14.5 Å². The zero-order valence-corrected chi connectivity index (χ0v) is 26.3. The number of aryl methyl sites for hydroxylation is 1. The Hall–Kier alpha value is -3.17. The maximum Gasteiger partial charge on any atom is 0.407 e. The minimum absolute atomic E-state index is 0.0856. The van der Waals surface area contributed by atoms with Crippen LogP contribution in [0, 0.1) is 0 Å². The summed E-state index contributed by atoms with van der Waals surface area (Å²) in [5.74, 6) is -0.990. The Labute approximate surface area is 240 Å². The van der Waals surface area contributed by atoms with Crippen molar-refractivity contribution in [1.82, 2.24) is 5.32 Å². The second-order valence-corrected chi connectivity index (χ2v) is 17.1.